The summed E-state index contributed by atoms with van der Waals surface area (Å²) in [5, 5.41) is 6.55. The van der Waals surface area contributed by atoms with Crippen LogP contribution in [0.5, 0.6) is 0 Å². The van der Waals surface area contributed by atoms with Gasteiger partial charge in [-0.05, 0) is 63.2 Å². The van der Waals surface area contributed by atoms with Crippen molar-refractivity contribution in [2.45, 2.75) is 40.0 Å². The first-order chi connectivity index (χ1) is 11.6. The van der Waals surface area contributed by atoms with E-state index in [0.29, 0.717) is 24.8 Å². The van der Waals surface area contributed by atoms with Gasteiger partial charge in [0.15, 0.2) is 0 Å². The van der Waals surface area contributed by atoms with Crippen LogP contribution in [0.1, 0.15) is 38.7 Å². The van der Waals surface area contributed by atoms with Crippen LogP contribution >= 0.6 is 0 Å². The number of anilines is 1. The molecule has 2 N–H and O–H groups in total. The number of hydrogen-bond donors (Lipinski definition) is 2. The number of likely N-dealkylation sites (N-methyl/N-ethyl adjacent to an activating group) is 1. The Morgan fingerprint density at radius 2 is 2.21 bits per heavy atom. The van der Waals surface area contributed by atoms with Gasteiger partial charge < -0.3 is 15.5 Å². The molecule has 0 spiro atoms. The minimum atomic E-state index is 0.189. The highest BCUT2D eigenvalue weighted by Gasteiger charge is 2.21. The maximum atomic E-state index is 12.2. The minimum absolute atomic E-state index is 0.189. The lowest BCUT2D eigenvalue weighted by Gasteiger charge is -2.28. The Hall–Kier alpha value is -1.55. The molecule has 0 aromatic heterocycles. The number of carbonyl (C=O) groups is 1. The molecule has 0 bridgehead atoms. The van der Waals surface area contributed by atoms with Gasteiger partial charge in [0.2, 0.25) is 5.91 Å². The predicted molar refractivity (Wildman–Crippen MR) is 101 cm³/mol. The van der Waals surface area contributed by atoms with E-state index in [2.05, 4.69) is 60.6 Å². The number of carbonyl (C=O) groups excluding carboxylic acids is 1. The van der Waals surface area contributed by atoms with Gasteiger partial charge in [0.05, 0.1) is 0 Å². The summed E-state index contributed by atoms with van der Waals surface area (Å²) in [6, 6.07) is 8.43. The fourth-order valence-corrected chi connectivity index (χ4v) is 3.59. The van der Waals surface area contributed by atoms with Crippen LogP contribution < -0.4 is 15.5 Å². The van der Waals surface area contributed by atoms with E-state index >= 15 is 0 Å². The monoisotopic (exact) mass is 331 g/mol. The van der Waals surface area contributed by atoms with Crippen molar-refractivity contribution in [3.05, 3.63) is 29.8 Å². The van der Waals surface area contributed by atoms with Gasteiger partial charge in [-0.15, -0.1) is 0 Å². The maximum Gasteiger partial charge on any atom is 0.220 e. The van der Waals surface area contributed by atoms with Crippen LogP contribution in [0, 0.1) is 18.8 Å². The highest BCUT2D eigenvalue weighted by atomic mass is 16.1. The van der Waals surface area contributed by atoms with Crippen molar-refractivity contribution in [2.24, 2.45) is 11.8 Å². The molecule has 4 nitrogen and oxygen atoms in total. The molecule has 1 aromatic carbocycles. The number of piperidine rings is 1. The van der Waals surface area contributed by atoms with Crippen LogP contribution in [0.25, 0.3) is 0 Å². The smallest absolute Gasteiger partial charge is 0.220 e. The summed E-state index contributed by atoms with van der Waals surface area (Å²) in [6.07, 6.45) is 3.12. The summed E-state index contributed by atoms with van der Waals surface area (Å²) in [5.74, 6) is 1.29. The Kier molecular flexibility index (Phi) is 7.57. The summed E-state index contributed by atoms with van der Waals surface area (Å²) in [7, 11) is 0. The average molecular weight is 332 g/mol. The summed E-state index contributed by atoms with van der Waals surface area (Å²) in [5.41, 5.74) is 2.54. The van der Waals surface area contributed by atoms with Gasteiger partial charge in [0.25, 0.3) is 0 Å². The molecule has 0 radical (unpaired) electrons. The second-order valence-electron chi connectivity index (χ2n) is 7.00. The maximum absolute atomic E-state index is 12.2. The zero-order valence-electron chi connectivity index (χ0n) is 15.5. The number of para-hydroxylation sites is 1. The minimum Gasteiger partial charge on any atom is -0.370 e. The van der Waals surface area contributed by atoms with Crippen molar-refractivity contribution < 1.29 is 4.79 Å². The standard InChI is InChI=1S/C20H33N3O/c1-4-23(19-10-6-5-8-16(19)2)13-12-22-20(24)14-17(3)18-9-7-11-21-15-18/h5-6,8,10,17-18,21H,4,7,9,11-15H2,1-3H3,(H,22,24). The SMILES string of the molecule is CCN(CCNC(=O)CC(C)C1CCCNC1)c1ccccc1C. The van der Waals surface area contributed by atoms with E-state index in [1.807, 2.05) is 0 Å². The first kappa shape index (κ1) is 18.8. The van der Waals surface area contributed by atoms with E-state index in [-0.39, 0.29) is 5.91 Å². The van der Waals surface area contributed by atoms with Gasteiger partial charge in [0, 0.05) is 31.7 Å². The number of hydrogen-bond acceptors (Lipinski definition) is 3. The third-order valence-corrected chi connectivity index (χ3v) is 5.19. The molecule has 1 aliphatic rings. The molecule has 1 saturated heterocycles. The molecule has 1 aromatic rings. The Morgan fingerprint density at radius 1 is 1.42 bits per heavy atom. The second-order valence-corrected chi connectivity index (χ2v) is 7.00. The van der Waals surface area contributed by atoms with Crippen molar-refractivity contribution in [3.8, 4) is 0 Å². The highest BCUT2D eigenvalue weighted by molar-refractivity contribution is 5.76. The molecule has 2 rings (SSSR count). The predicted octanol–water partition coefficient (Wildman–Crippen LogP) is 2.96. The number of aryl methyl sites for hydroxylation is 1. The van der Waals surface area contributed by atoms with Crippen LogP contribution in [0.15, 0.2) is 24.3 Å². The number of nitrogens with zero attached hydrogens (tertiary/aromatic N) is 1. The van der Waals surface area contributed by atoms with E-state index < -0.39 is 0 Å². The van der Waals surface area contributed by atoms with Crippen molar-refractivity contribution in [3.63, 3.8) is 0 Å². The third-order valence-electron chi connectivity index (χ3n) is 5.19. The van der Waals surface area contributed by atoms with Crippen molar-refractivity contribution in [2.75, 3.05) is 37.6 Å². The van der Waals surface area contributed by atoms with E-state index in [1.54, 1.807) is 0 Å². The summed E-state index contributed by atoms with van der Waals surface area (Å²) < 4.78 is 0. The summed E-state index contributed by atoms with van der Waals surface area (Å²) in [6.45, 7) is 11.2. The molecular formula is C20H33N3O. The Bertz CT molecular complexity index is 511. The van der Waals surface area contributed by atoms with Gasteiger partial charge >= 0.3 is 0 Å². The number of rotatable bonds is 8. The van der Waals surface area contributed by atoms with Crippen LogP contribution in [0.2, 0.25) is 0 Å². The quantitative estimate of drug-likeness (QED) is 0.770. The lowest BCUT2D eigenvalue weighted by Crippen LogP contribution is -2.38. The van der Waals surface area contributed by atoms with Gasteiger partial charge in [0.1, 0.15) is 0 Å². The molecule has 1 fully saturated rings. The highest BCUT2D eigenvalue weighted by Crippen LogP contribution is 2.22. The fourth-order valence-electron chi connectivity index (χ4n) is 3.59. The Labute approximate surface area is 147 Å². The fraction of sp³-hybridized carbons (Fsp3) is 0.650. The average Bonchev–Trinajstić information content (AvgIpc) is 2.60. The van der Waals surface area contributed by atoms with E-state index in [0.717, 1.165) is 26.2 Å². The van der Waals surface area contributed by atoms with Crippen LogP contribution in [0.4, 0.5) is 5.69 Å². The first-order valence-corrected chi connectivity index (χ1v) is 9.39. The van der Waals surface area contributed by atoms with Gasteiger partial charge in [-0.1, -0.05) is 25.1 Å². The van der Waals surface area contributed by atoms with Gasteiger partial charge in [-0.3, -0.25) is 4.79 Å². The normalized spacial score (nSPS) is 18.9. The lowest BCUT2D eigenvalue weighted by atomic mass is 9.85. The molecule has 134 valence electrons. The molecular weight excluding hydrogens is 298 g/mol. The number of nitrogens with one attached hydrogen (secondary N) is 2. The van der Waals surface area contributed by atoms with Crippen molar-refractivity contribution >= 4 is 11.6 Å². The molecule has 1 amide bonds. The lowest BCUT2D eigenvalue weighted by molar-refractivity contribution is -0.122. The molecule has 2 atom stereocenters. The zero-order chi connectivity index (χ0) is 17.4. The molecule has 2 unspecified atom stereocenters. The molecule has 0 saturated carbocycles. The Balaban J connectivity index is 1.74. The molecule has 1 aliphatic heterocycles. The topological polar surface area (TPSA) is 44.4 Å². The molecule has 1 heterocycles. The largest absolute Gasteiger partial charge is 0.370 e. The third kappa shape index (κ3) is 5.52. The Morgan fingerprint density at radius 3 is 2.88 bits per heavy atom. The van der Waals surface area contributed by atoms with Gasteiger partial charge in [-0.25, -0.2) is 0 Å². The van der Waals surface area contributed by atoms with Crippen molar-refractivity contribution in [1.82, 2.24) is 10.6 Å². The van der Waals surface area contributed by atoms with Crippen LogP contribution in [-0.2, 0) is 4.79 Å². The molecule has 4 heteroatoms. The van der Waals surface area contributed by atoms with Gasteiger partial charge in [-0.2, -0.15) is 0 Å². The van der Waals surface area contributed by atoms with Crippen LogP contribution in [-0.4, -0.2) is 38.6 Å². The zero-order valence-corrected chi connectivity index (χ0v) is 15.5. The second kappa shape index (κ2) is 9.67. The molecule has 24 heavy (non-hydrogen) atoms. The number of benzene rings is 1. The number of amides is 1. The van der Waals surface area contributed by atoms with E-state index in [9.17, 15) is 4.79 Å². The first-order valence-electron chi connectivity index (χ1n) is 9.39. The summed E-state index contributed by atoms with van der Waals surface area (Å²) >= 11 is 0. The summed E-state index contributed by atoms with van der Waals surface area (Å²) in [4.78, 5) is 14.5. The molecule has 0 aliphatic carbocycles. The van der Waals surface area contributed by atoms with E-state index in [1.165, 1.54) is 24.1 Å². The van der Waals surface area contributed by atoms with E-state index in [4.69, 9.17) is 0 Å². The van der Waals surface area contributed by atoms with Crippen LogP contribution in [0.3, 0.4) is 0 Å². The van der Waals surface area contributed by atoms with Crippen molar-refractivity contribution in [1.29, 1.82) is 0 Å².